The molecule has 0 N–H and O–H groups in total. The molecule has 1 amide bonds. The van der Waals surface area contributed by atoms with Crippen molar-refractivity contribution in [2.75, 3.05) is 21.3 Å². The molecule has 0 aliphatic rings. The predicted octanol–water partition coefficient (Wildman–Crippen LogP) is 3.27. The van der Waals surface area contributed by atoms with Crippen LogP contribution in [0.5, 0.6) is 11.5 Å². The predicted molar refractivity (Wildman–Crippen MR) is 86.3 cm³/mol. The minimum atomic E-state index is -0.168. The van der Waals surface area contributed by atoms with Crippen LogP contribution in [0.3, 0.4) is 0 Å². The van der Waals surface area contributed by atoms with Gasteiger partial charge in [-0.25, -0.2) is 0 Å². The molecule has 0 heterocycles. The van der Waals surface area contributed by atoms with Crippen molar-refractivity contribution in [1.82, 2.24) is 4.90 Å². The molecule has 0 saturated heterocycles. The number of nitrogens with zero attached hydrogens (tertiary/aromatic N) is 1. The van der Waals surface area contributed by atoms with Crippen LogP contribution in [0.15, 0.2) is 48.5 Å². The standard InChI is InChI=1S/C18H21NO3/c1-13(20)19(2)18(14-8-6-5-7-9-14)15-10-11-16(21-3)17(12-15)22-4/h5-12,18H,1-4H3. The highest BCUT2D eigenvalue weighted by molar-refractivity contribution is 5.74. The van der Waals surface area contributed by atoms with Crippen molar-refractivity contribution in [3.8, 4) is 11.5 Å². The number of rotatable bonds is 5. The van der Waals surface area contributed by atoms with E-state index < -0.39 is 0 Å². The Labute approximate surface area is 131 Å². The SMILES string of the molecule is COc1ccc(C(c2ccccc2)N(C)C(C)=O)cc1OC. The van der Waals surface area contributed by atoms with E-state index in [1.54, 1.807) is 33.1 Å². The van der Waals surface area contributed by atoms with Crippen LogP contribution in [-0.4, -0.2) is 32.1 Å². The Morgan fingerprint density at radius 1 is 0.955 bits per heavy atom. The molecular formula is C18H21NO3. The summed E-state index contributed by atoms with van der Waals surface area (Å²) in [4.78, 5) is 13.6. The highest BCUT2D eigenvalue weighted by atomic mass is 16.5. The Bertz CT molecular complexity index is 640. The largest absolute Gasteiger partial charge is 0.493 e. The van der Waals surface area contributed by atoms with Gasteiger partial charge in [-0.05, 0) is 23.3 Å². The lowest BCUT2D eigenvalue weighted by atomic mass is 9.97. The summed E-state index contributed by atoms with van der Waals surface area (Å²) in [6, 6.07) is 15.5. The van der Waals surface area contributed by atoms with Gasteiger partial charge < -0.3 is 14.4 Å². The van der Waals surface area contributed by atoms with Crippen molar-refractivity contribution < 1.29 is 14.3 Å². The molecule has 4 heteroatoms. The number of methoxy groups -OCH3 is 2. The third kappa shape index (κ3) is 3.22. The van der Waals surface area contributed by atoms with Crippen molar-refractivity contribution in [2.24, 2.45) is 0 Å². The molecule has 4 nitrogen and oxygen atoms in total. The molecule has 0 spiro atoms. The van der Waals surface area contributed by atoms with Crippen LogP contribution < -0.4 is 9.47 Å². The lowest BCUT2D eigenvalue weighted by Crippen LogP contribution is -2.29. The molecule has 0 saturated carbocycles. The first-order chi connectivity index (χ1) is 10.6. The molecule has 2 aromatic carbocycles. The maximum atomic E-state index is 11.9. The zero-order valence-electron chi connectivity index (χ0n) is 13.4. The van der Waals surface area contributed by atoms with Gasteiger partial charge in [0, 0.05) is 14.0 Å². The zero-order chi connectivity index (χ0) is 16.1. The summed E-state index contributed by atoms with van der Waals surface area (Å²) in [7, 11) is 5.01. The van der Waals surface area contributed by atoms with E-state index in [4.69, 9.17) is 9.47 Å². The summed E-state index contributed by atoms with van der Waals surface area (Å²) in [6.45, 7) is 1.57. The van der Waals surface area contributed by atoms with Gasteiger partial charge in [0.15, 0.2) is 11.5 Å². The summed E-state index contributed by atoms with van der Waals surface area (Å²) in [5.74, 6) is 1.32. The number of hydrogen-bond donors (Lipinski definition) is 0. The number of ether oxygens (including phenoxy) is 2. The first-order valence-corrected chi connectivity index (χ1v) is 7.08. The summed E-state index contributed by atoms with van der Waals surface area (Å²) in [5, 5.41) is 0. The maximum absolute atomic E-state index is 11.9. The van der Waals surface area contributed by atoms with Crippen molar-refractivity contribution in [3.63, 3.8) is 0 Å². The Morgan fingerprint density at radius 3 is 2.14 bits per heavy atom. The lowest BCUT2D eigenvalue weighted by Gasteiger charge is -2.28. The smallest absolute Gasteiger partial charge is 0.219 e. The summed E-state index contributed by atoms with van der Waals surface area (Å²) in [6.07, 6.45) is 0. The van der Waals surface area contributed by atoms with Crippen molar-refractivity contribution >= 4 is 5.91 Å². The molecule has 22 heavy (non-hydrogen) atoms. The molecule has 0 aliphatic heterocycles. The third-order valence-electron chi connectivity index (χ3n) is 3.72. The zero-order valence-corrected chi connectivity index (χ0v) is 13.4. The average molecular weight is 299 g/mol. The minimum Gasteiger partial charge on any atom is -0.493 e. The minimum absolute atomic E-state index is 0.00337. The molecule has 0 fully saturated rings. The van der Waals surface area contributed by atoms with E-state index in [2.05, 4.69) is 0 Å². The second-order valence-corrected chi connectivity index (χ2v) is 5.06. The molecule has 0 aliphatic carbocycles. The van der Waals surface area contributed by atoms with Gasteiger partial charge in [0.05, 0.1) is 20.3 Å². The normalized spacial score (nSPS) is 11.6. The first kappa shape index (κ1) is 15.9. The molecular weight excluding hydrogens is 278 g/mol. The van der Waals surface area contributed by atoms with Crippen LogP contribution >= 0.6 is 0 Å². The molecule has 0 radical (unpaired) electrons. The molecule has 1 atom stereocenters. The Kier molecular flexibility index (Phi) is 5.04. The van der Waals surface area contributed by atoms with E-state index in [0.717, 1.165) is 11.1 Å². The highest BCUT2D eigenvalue weighted by Crippen LogP contribution is 2.34. The van der Waals surface area contributed by atoms with E-state index in [1.807, 2.05) is 48.5 Å². The molecule has 116 valence electrons. The van der Waals surface area contributed by atoms with Gasteiger partial charge in [-0.2, -0.15) is 0 Å². The van der Waals surface area contributed by atoms with Crippen molar-refractivity contribution in [2.45, 2.75) is 13.0 Å². The van der Waals surface area contributed by atoms with Gasteiger partial charge in [-0.1, -0.05) is 36.4 Å². The molecule has 0 bridgehead atoms. The number of benzene rings is 2. The summed E-state index contributed by atoms with van der Waals surface area (Å²) >= 11 is 0. The van der Waals surface area contributed by atoms with Crippen LogP contribution in [0.25, 0.3) is 0 Å². The number of carbonyl (C=O) groups excluding carboxylic acids is 1. The Balaban J connectivity index is 2.52. The fourth-order valence-corrected chi connectivity index (χ4v) is 2.48. The number of hydrogen-bond acceptors (Lipinski definition) is 3. The van der Waals surface area contributed by atoms with Crippen LogP contribution in [0.1, 0.15) is 24.1 Å². The molecule has 2 rings (SSSR count). The monoisotopic (exact) mass is 299 g/mol. The summed E-state index contributed by atoms with van der Waals surface area (Å²) in [5.41, 5.74) is 2.02. The van der Waals surface area contributed by atoms with Crippen molar-refractivity contribution in [1.29, 1.82) is 0 Å². The second kappa shape index (κ2) is 6.98. The maximum Gasteiger partial charge on any atom is 0.219 e. The van der Waals surface area contributed by atoms with E-state index in [1.165, 1.54) is 0 Å². The first-order valence-electron chi connectivity index (χ1n) is 7.08. The fraction of sp³-hybridized carbons (Fsp3) is 0.278. The van der Waals surface area contributed by atoms with E-state index >= 15 is 0 Å². The summed E-state index contributed by atoms with van der Waals surface area (Å²) < 4.78 is 10.7. The Morgan fingerprint density at radius 2 is 1.59 bits per heavy atom. The van der Waals surface area contributed by atoms with Gasteiger partial charge in [0.1, 0.15) is 0 Å². The van der Waals surface area contributed by atoms with Gasteiger partial charge in [0.2, 0.25) is 5.91 Å². The second-order valence-electron chi connectivity index (χ2n) is 5.06. The van der Waals surface area contributed by atoms with E-state index in [9.17, 15) is 4.79 Å². The average Bonchev–Trinajstić information content (AvgIpc) is 2.55. The van der Waals surface area contributed by atoms with Crippen LogP contribution in [-0.2, 0) is 4.79 Å². The molecule has 0 aromatic heterocycles. The van der Waals surface area contributed by atoms with E-state index in [0.29, 0.717) is 11.5 Å². The van der Waals surface area contributed by atoms with Crippen LogP contribution in [0.2, 0.25) is 0 Å². The fourth-order valence-electron chi connectivity index (χ4n) is 2.48. The number of amides is 1. The molecule has 1 unspecified atom stereocenters. The van der Waals surface area contributed by atoms with E-state index in [-0.39, 0.29) is 11.9 Å². The van der Waals surface area contributed by atoms with Gasteiger partial charge in [-0.15, -0.1) is 0 Å². The Hall–Kier alpha value is -2.49. The quantitative estimate of drug-likeness (QED) is 0.850. The third-order valence-corrected chi connectivity index (χ3v) is 3.72. The van der Waals surface area contributed by atoms with Crippen LogP contribution in [0, 0.1) is 0 Å². The number of carbonyl (C=O) groups is 1. The highest BCUT2D eigenvalue weighted by Gasteiger charge is 2.22. The van der Waals surface area contributed by atoms with Gasteiger partial charge >= 0.3 is 0 Å². The molecule has 2 aromatic rings. The lowest BCUT2D eigenvalue weighted by molar-refractivity contribution is -0.129. The van der Waals surface area contributed by atoms with Gasteiger partial charge in [0.25, 0.3) is 0 Å². The van der Waals surface area contributed by atoms with Gasteiger partial charge in [-0.3, -0.25) is 4.79 Å². The van der Waals surface area contributed by atoms with Crippen molar-refractivity contribution in [3.05, 3.63) is 59.7 Å². The topological polar surface area (TPSA) is 38.8 Å². The van der Waals surface area contributed by atoms with Crippen LogP contribution in [0.4, 0.5) is 0 Å².